The van der Waals surface area contributed by atoms with Crippen LogP contribution < -0.4 is 20.1 Å². The number of hydrogen-bond acceptors (Lipinski definition) is 4. The van der Waals surface area contributed by atoms with Gasteiger partial charge in [-0.15, -0.1) is 0 Å². The Labute approximate surface area is 155 Å². The normalized spacial score (nSPS) is 14.3. The minimum atomic E-state index is 0.211. The molecule has 1 saturated heterocycles. The highest BCUT2D eigenvalue weighted by Gasteiger charge is 2.17. The van der Waals surface area contributed by atoms with E-state index in [4.69, 9.17) is 9.47 Å². The van der Waals surface area contributed by atoms with E-state index in [2.05, 4.69) is 15.6 Å². The summed E-state index contributed by atoms with van der Waals surface area (Å²) < 4.78 is 10.6. The van der Waals surface area contributed by atoms with E-state index in [1.54, 1.807) is 14.2 Å². The number of aliphatic imine (C=N–C) groups is 1. The van der Waals surface area contributed by atoms with Crippen molar-refractivity contribution in [1.29, 1.82) is 0 Å². The molecule has 0 atom stereocenters. The SMILES string of the molecule is CCNC(=NCc1ccc(OC)cc1OC)NCCC(=O)N1CCCC1. The molecule has 0 unspecified atom stereocenters. The Balaban J connectivity index is 1.90. The number of rotatable bonds is 8. The largest absolute Gasteiger partial charge is 0.497 e. The van der Waals surface area contributed by atoms with Gasteiger partial charge in [-0.05, 0) is 31.9 Å². The predicted molar refractivity (Wildman–Crippen MR) is 103 cm³/mol. The molecule has 7 heteroatoms. The molecule has 0 radical (unpaired) electrons. The van der Waals surface area contributed by atoms with Crippen molar-refractivity contribution in [1.82, 2.24) is 15.5 Å². The van der Waals surface area contributed by atoms with Crippen LogP contribution in [0.3, 0.4) is 0 Å². The molecular weight excluding hydrogens is 332 g/mol. The summed E-state index contributed by atoms with van der Waals surface area (Å²) in [6.07, 6.45) is 2.72. The zero-order valence-corrected chi connectivity index (χ0v) is 16.0. The summed E-state index contributed by atoms with van der Waals surface area (Å²) in [5.41, 5.74) is 0.971. The van der Waals surface area contributed by atoms with Crippen molar-refractivity contribution < 1.29 is 14.3 Å². The number of nitrogens with zero attached hydrogens (tertiary/aromatic N) is 2. The minimum absolute atomic E-state index is 0.211. The average Bonchev–Trinajstić information content (AvgIpc) is 3.20. The van der Waals surface area contributed by atoms with Gasteiger partial charge in [0.25, 0.3) is 0 Å². The van der Waals surface area contributed by atoms with Gasteiger partial charge in [0.05, 0.1) is 20.8 Å². The van der Waals surface area contributed by atoms with Crippen LogP contribution in [-0.4, -0.2) is 57.2 Å². The number of hydrogen-bond donors (Lipinski definition) is 2. The van der Waals surface area contributed by atoms with E-state index in [-0.39, 0.29) is 5.91 Å². The van der Waals surface area contributed by atoms with Crippen LogP contribution in [0.25, 0.3) is 0 Å². The lowest BCUT2D eigenvalue weighted by Gasteiger charge is -2.16. The van der Waals surface area contributed by atoms with E-state index in [0.29, 0.717) is 25.5 Å². The molecule has 0 bridgehead atoms. The molecule has 0 aromatic heterocycles. The molecule has 1 heterocycles. The molecule has 26 heavy (non-hydrogen) atoms. The molecule has 1 fully saturated rings. The van der Waals surface area contributed by atoms with E-state index in [1.807, 2.05) is 30.0 Å². The molecule has 1 aromatic carbocycles. The van der Waals surface area contributed by atoms with Crippen LogP contribution in [0.4, 0.5) is 0 Å². The Hall–Kier alpha value is -2.44. The molecule has 0 saturated carbocycles. The smallest absolute Gasteiger partial charge is 0.224 e. The highest BCUT2D eigenvalue weighted by molar-refractivity contribution is 5.81. The third kappa shape index (κ3) is 5.82. The molecule has 1 aromatic rings. The van der Waals surface area contributed by atoms with Crippen molar-refractivity contribution in [3.8, 4) is 11.5 Å². The number of nitrogens with one attached hydrogen (secondary N) is 2. The van der Waals surface area contributed by atoms with Crippen molar-refractivity contribution in [2.24, 2.45) is 4.99 Å². The van der Waals surface area contributed by atoms with Gasteiger partial charge in [-0.25, -0.2) is 4.99 Å². The van der Waals surface area contributed by atoms with Crippen LogP contribution in [0, 0.1) is 0 Å². The molecule has 2 rings (SSSR count). The number of methoxy groups -OCH3 is 2. The maximum Gasteiger partial charge on any atom is 0.224 e. The Morgan fingerprint density at radius 1 is 1.19 bits per heavy atom. The topological polar surface area (TPSA) is 75.2 Å². The first kappa shape index (κ1) is 19.9. The zero-order valence-electron chi connectivity index (χ0n) is 16.0. The summed E-state index contributed by atoms with van der Waals surface area (Å²) in [5.74, 6) is 2.40. The fourth-order valence-corrected chi connectivity index (χ4v) is 2.90. The molecule has 144 valence electrons. The monoisotopic (exact) mass is 362 g/mol. The third-order valence-corrected chi connectivity index (χ3v) is 4.34. The second-order valence-electron chi connectivity index (χ2n) is 6.14. The van der Waals surface area contributed by atoms with Gasteiger partial charge in [-0.3, -0.25) is 4.79 Å². The summed E-state index contributed by atoms with van der Waals surface area (Å²) >= 11 is 0. The van der Waals surface area contributed by atoms with Crippen LogP contribution in [0.5, 0.6) is 11.5 Å². The first-order valence-electron chi connectivity index (χ1n) is 9.18. The Morgan fingerprint density at radius 3 is 2.62 bits per heavy atom. The van der Waals surface area contributed by atoms with Crippen molar-refractivity contribution in [2.75, 3.05) is 40.4 Å². The van der Waals surface area contributed by atoms with E-state index in [1.165, 1.54) is 0 Å². The van der Waals surface area contributed by atoms with Crippen LogP contribution in [0.1, 0.15) is 31.7 Å². The fraction of sp³-hybridized carbons (Fsp3) is 0.579. The van der Waals surface area contributed by atoms with Gasteiger partial charge in [-0.1, -0.05) is 0 Å². The van der Waals surface area contributed by atoms with Gasteiger partial charge in [-0.2, -0.15) is 0 Å². The summed E-state index contributed by atoms with van der Waals surface area (Å²) in [4.78, 5) is 18.6. The van der Waals surface area contributed by atoms with E-state index < -0.39 is 0 Å². The minimum Gasteiger partial charge on any atom is -0.497 e. The van der Waals surface area contributed by atoms with Crippen LogP contribution >= 0.6 is 0 Å². The second kappa shape index (κ2) is 10.5. The number of amides is 1. The third-order valence-electron chi connectivity index (χ3n) is 4.34. The number of likely N-dealkylation sites (tertiary alicyclic amines) is 1. The lowest BCUT2D eigenvalue weighted by molar-refractivity contribution is -0.129. The molecule has 0 spiro atoms. The number of carbonyl (C=O) groups is 1. The van der Waals surface area contributed by atoms with Gasteiger partial charge in [0.15, 0.2) is 5.96 Å². The molecule has 2 N–H and O–H groups in total. The molecule has 0 aliphatic carbocycles. The lowest BCUT2D eigenvalue weighted by Crippen LogP contribution is -2.39. The van der Waals surface area contributed by atoms with Crippen LogP contribution in [0.15, 0.2) is 23.2 Å². The summed E-state index contributed by atoms with van der Waals surface area (Å²) in [7, 11) is 3.26. The van der Waals surface area contributed by atoms with Gasteiger partial charge in [0.2, 0.25) is 5.91 Å². The Morgan fingerprint density at radius 2 is 1.96 bits per heavy atom. The number of guanidine groups is 1. The van der Waals surface area contributed by atoms with Crippen molar-refractivity contribution in [2.45, 2.75) is 32.7 Å². The van der Waals surface area contributed by atoms with Crippen LogP contribution in [0.2, 0.25) is 0 Å². The quantitative estimate of drug-likeness (QED) is 0.545. The number of ether oxygens (including phenoxy) is 2. The maximum absolute atomic E-state index is 12.1. The molecule has 1 aliphatic heterocycles. The van der Waals surface area contributed by atoms with Gasteiger partial charge >= 0.3 is 0 Å². The molecule has 1 aliphatic rings. The predicted octanol–water partition coefficient (Wildman–Crippen LogP) is 1.77. The van der Waals surface area contributed by atoms with Crippen molar-refractivity contribution in [3.63, 3.8) is 0 Å². The lowest BCUT2D eigenvalue weighted by atomic mass is 10.2. The van der Waals surface area contributed by atoms with Crippen LogP contribution in [-0.2, 0) is 11.3 Å². The molecule has 1 amide bonds. The number of benzene rings is 1. The second-order valence-corrected chi connectivity index (χ2v) is 6.14. The van der Waals surface area contributed by atoms with Crippen molar-refractivity contribution >= 4 is 11.9 Å². The first-order valence-corrected chi connectivity index (χ1v) is 9.18. The number of carbonyl (C=O) groups excluding carboxylic acids is 1. The summed E-state index contributed by atoms with van der Waals surface area (Å²) in [6, 6.07) is 5.68. The van der Waals surface area contributed by atoms with Gasteiger partial charge in [0, 0.05) is 44.2 Å². The maximum atomic E-state index is 12.1. The highest BCUT2D eigenvalue weighted by atomic mass is 16.5. The van der Waals surface area contributed by atoms with Gasteiger partial charge in [0.1, 0.15) is 11.5 Å². The molecule has 7 nitrogen and oxygen atoms in total. The average molecular weight is 362 g/mol. The first-order chi connectivity index (χ1) is 12.7. The van der Waals surface area contributed by atoms with E-state index in [9.17, 15) is 4.79 Å². The zero-order chi connectivity index (χ0) is 18.8. The van der Waals surface area contributed by atoms with E-state index >= 15 is 0 Å². The highest BCUT2D eigenvalue weighted by Crippen LogP contribution is 2.25. The Bertz CT molecular complexity index is 613. The van der Waals surface area contributed by atoms with E-state index in [0.717, 1.165) is 49.5 Å². The summed E-state index contributed by atoms with van der Waals surface area (Å²) in [5, 5.41) is 6.44. The van der Waals surface area contributed by atoms with Crippen molar-refractivity contribution in [3.05, 3.63) is 23.8 Å². The standard InChI is InChI=1S/C19H30N4O3/c1-4-20-19(21-10-9-18(24)23-11-5-6-12-23)22-14-15-7-8-16(25-2)13-17(15)26-3/h7-8,13H,4-6,9-12,14H2,1-3H3,(H2,20,21,22). The Kier molecular flexibility index (Phi) is 8.05. The summed E-state index contributed by atoms with van der Waals surface area (Å²) in [6.45, 7) is 5.60. The van der Waals surface area contributed by atoms with Gasteiger partial charge < -0.3 is 25.0 Å². The fourth-order valence-electron chi connectivity index (χ4n) is 2.90. The molecular formula is C19H30N4O3.